The van der Waals surface area contributed by atoms with E-state index in [4.69, 9.17) is 0 Å². The molecule has 0 aromatic heterocycles. The minimum absolute atomic E-state index is 0.261. The van der Waals surface area contributed by atoms with Crippen LogP contribution in [0, 0.1) is 0 Å². The van der Waals surface area contributed by atoms with E-state index < -0.39 is 35.5 Å². The topological polar surface area (TPSA) is 30.5 Å². The molecule has 2 aromatic carbocycles. The zero-order valence-electron chi connectivity index (χ0n) is 13.4. The largest absolute Gasteiger partial charge is 0.507 e. The molecule has 0 amide bonds. The first-order valence-electron chi connectivity index (χ1n) is 7.66. The Hall–Kier alpha value is -2.65. The van der Waals surface area contributed by atoms with Gasteiger partial charge in [-0.2, -0.15) is 30.7 Å². The van der Waals surface area contributed by atoms with Crippen LogP contribution in [-0.4, -0.2) is 18.8 Å². The number of hydrogen-bond acceptors (Lipinski definition) is 3. The Balaban J connectivity index is 1.61. The average Bonchev–Trinajstić information content (AvgIpc) is 2.55. The van der Waals surface area contributed by atoms with Crippen LogP contribution in [0.25, 0.3) is 0 Å². The minimum atomic E-state index is -4.81. The highest BCUT2D eigenvalue weighted by Gasteiger charge is 2.65. The van der Waals surface area contributed by atoms with Crippen molar-refractivity contribution in [3.05, 3.63) is 53.6 Å². The number of hydrogen-bond donors (Lipinski definition) is 1. The third kappa shape index (κ3) is 4.04. The van der Waals surface area contributed by atoms with Crippen LogP contribution in [0.2, 0.25) is 0 Å². The van der Waals surface area contributed by atoms with Gasteiger partial charge in [0.25, 0.3) is 0 Å². The number of benzene rings is 2. The molecule has 3 nitrogen and oxygen atoms in total. The Morgan fingerprint density at radius 3 is 2.00 bits per heavy atom. The molecule has 146 valence electrons. The third-order valence-corrected chi connectivity index (χ3v) is 3.78. The summed E-state index contributed by atoms with van der Waals surface area (Å²) in [6.45, 7) is 0.261. The SMILES string of the molecule is FC(F)(F)c1ccc(CCNc2ccc3c(c2)OC(F)(F)C(F)(F)O3)cc1. The highest BCUT2D eigenvalue weighted by atomic mass is 19.4. The van der Waals surface area contributed by atoms with E-state index >= 15 is 0 Å². The number of fused-ring (bicyclic) bond motifs is 1. The third-order valence-electron chi connectivity index (χ3n) is 3.78. The molecule has 0 aliphatic carbocycles. The quantitative estimate of drug-likeness (QED) is 0.712. The van der Waals surface area contributed by atoms with Gasteiger partial charge in [-0.1, -0.05) is 12.1 Å². The van der Waals surface area contributed by atoms with Gasteiger partial charge in [0.15, 0.2) is 11.5 Å². The Bertz CT molecular complexity index is 819. The van der Waals surface area contributed by atoms with E-state index in [0.29, 0.717) is 17.7 Å². The lowest BCUT2D eigenvalue weighted by Crippen LogP contribution is -2.52. The van der Waals surface area contributed by atoms with Crippen LogP contribution in [0.5, 0.6) is 11.5 Å². The van der Waals surface area contributed by atoms with Crippen LogP contribution in [0.4, 0.5) is 36.4 Å². The smallest absolute Gasteiger partial charge is 0.421 e. The molecule has 0 atom stereocenters. The first kappa shape index (κ1) is 19.1. The summed E-state index contributed by atoms with van der Waals surface area (Å²) in [4.78, 5) is 0. The lowest BCUT2D eigenvalue weighted by Gasteiger charge is -2.32. The monoisotopic (exact) mass is 395 g/mol. The molecule has 0 unspecified atom stereocenters. The van der Waals surface area contributed by atoms with Crippen molar-refractivity contribution >= 4 is 5.69 Å². The zero-order valence-corrected chi connectivity index (χ0v) is 13.4. The molecule has 1 N–H and O–H groups in total. The van der Waals surface area contributed by atoms with Crippen molar-refractivity contribution in [1.29, 1.82) is 0 Å². The second kappa shape index (κ2) is 6.50. The predicted octanol–water partition coefficient (Wildman–Crippen LogP) is 5.32. The standard InChI is InChI=1S/C17H12F7NO2/c18-15(19,20)11-3-1-10(2-4-11)7-8-25-12-5-6-13-14(9-12)27-17(23,24)16(21,22)26-13/h1-6,9,25H,7-8H2. The zero-order chi connectivity index (χ0) is 19.9. The number of halogens is 7. The second-order valence-electron chi connectivity index (χ2n) is 5.77. The van der Waals surface area contributed by atoms with Crippen molar-refractivity contribution in [1.82, 2.24) is 0 Å². The Kier molecular flexibility index (Phi) is 4.61. The minimum Gasteiger partial charge on any atom is -0.421 e. The summed E-state index contributed by atoms with van der Waals surface area (Å²) in [6.07, 6.45) is -13.7. The summed E-state index contributed by atoms with van der Waals surface area (Å²) in [5.74, 6) is -1.08. The molecule has 1 heterocycles. The molecule has 3 rings (SSSR count). The molecule has 0 fully saturated rings. The normalized spacial score (nSPS) is 17.4. The summed E-state index contributed by atoms with van der Waals surface area (Å²) >= 11 is 0. The van der Waals surface area contributed by atoms with Crippen LogP contribution >= 0.6 is 0 Å². The molecule has 0 saturated carbocycles. The van der Waals surface area contributed by atoms with Gasteiger partial charge >= 0.3 is 18.4 Å². The van der Waals surface area contributed by atoms with E-state index in [0.717, 1.165) is 24.3 Å². The van der Waals surface area contributed by atoms with E-state index in [-0.39, 0.29) is 6.54 Å². The van der Waals surface area contributed by atoms with Gasteiger partial charge in [-0.3, -0.25) is 0 Å². The number of alkyl halides is 7. The van der Waals surface area contributed by atoms with E-state index in [1.807, 2.05) is 0 Å². The van der Waals surface area contributed by atoms with Gasteiger partial charge in [-0.05, 0) is 36.2 Å². The maximum absolute atomic E-state index is 13.2. The molecular formula is C17H12F7NO2. The average molecular weight is 395 g/mol. The van der Waals surface area contributed by atoms with Crippen LogP contribution in [-0.2, 0) is 12.6 Å². The summed E-state index contributed by atoms with van der Waals surface area (Å²) in [7, 11) is 0. The van der Waals surface area contributed by atoms with Crippen molar-refractivity contribution < 1.29 is 40.2 Å². The summed E-state index contributed by atoms with van der Waals surface area (Å²) in [5.41, 5.74) is 0.160. The van der Waals surface area contributed by atoms with E-state index in [9.17, 15) is 30.7 Å². The number of anilines is 1. The first-order valence-corrected chi connectivity index (χ1v) is 7.66. The van der Waals surface area contributed by atoms with Crippen LogP contribution < -0.4 is 14.8 Å². The molecule has 0 radical (unpaired) electrons. The van der Waals surface area contributed by atoms with E-state index in [2.05, 4.69) is 14.8 Å². The maximum atomic E-state index is 13.2. The van der Waals surface area contributed by atoms with Crippen LogP contribution in [0.15, 0.2) is 42.5 Å². The van der Waals surface area contributed by atoms with Gasteiger partial charge in [0.05, 0.1) is 5.56 Å². The second-order valence-corrected chi connectivity index (χ2v) is 5.77. The van der Waals surface area contributed by atoms with E-state index in [1.165, 1.54) is 18.2 Å². The molecule has 2 aromatic rings. The molecule has 27 heavy (non-hydrogen) atoms. The first-order chi connectivity index (χ1) is 12.5. The molecule has 0 bridgehead atoms. The van der Waals surface area contributed by atoms with Crippen molar-refractivity contribution in [2.45, 2.75) is 24.8 Å². The lowest BCUT2D eigenvalue weighted by molar-refractivity contribution is -0.391. The van der Waals surface area contributed by atoms with Crippen LogP contribution in [0.3, 0.4) is 0 Å². The summed E-state index contributed by atoms with van der Waals surface area (Å²) in [5, 5.41) is 2.85. The number of ether oxygens (including phenoxy) is 2. The highest BCUT2D eigenvalue weighted by molar-refractivity contribution is 5.55. The fraction of sp³-hybridized carbons (Fsp3) is 0.294. The highest BCUT2D eigenvalue weighted by Crippen LogP contribution is 2.47. The van der Waals surface area contributed by atoms with Gasteiger partial charge in [0.1, 0.15) is 0 Å². The van der Waals surface area contributed by atoms with Crippen molar-refractivity contribution in [2.75, 3.05) is 11.9 Å². The fourth-order valence-corrected chi connectivity index (χ4v) is 2.39. The van der Waals surface area contributed by atoms with Crippen molar-refractivity contribution in [3.63, 3.8) is 0 Å². The Morgan fingerprint density at radius 1 is 0.815 bits per heavy atom. The van der Waals surface area contributed by atoms with Gasteiger partial charge < -0.3 is 14.8 Å². The Morgan fingerprint density at radius 2 is 1.41 bits per heavy atom. The van der Waals surface area contributed by atoms with Gasteiger partial charge in [0.2, 0.25) is 0 Å². The van der Waals surface area contributed by atoms with Gasteiger partial charge in [-0.15, -0.1) is 0 Å². The van der Waals surface area contributed by atoms with Crippen molar-refractivity contribution in [3.8, 4) is 11.5 Å². The predicted molar refractivity (Wildman–Crippen MR) is 81.2 cm³/mol. The number of nitrogens with one attached hydrogen (secondary N) is 1. The summed E-state index contributed by atoms with van der Waals surface area (Å²) < 4.78 is 98.0. The van der Waals surface area contributed by atoms with Gasteiger partial charge in [0, 0.05) is 18.3 Å². The maximum Gasteiger partial charge on any atom is 0.507 e. The van der Waals surface area contributed by atoms with Gasteiger partial charge in [-0.25, -0.2) is 0 Å². The fourth-order valence-electron chi connectivity index (χ4n) is 2.39. The Labute approximate surface area is 148 Å². The number of rotatable bonds is 4. The molecule has 10 heteroatoms. The molecule has 1 aliphatic rings. The van der Waals surface area contributed by atoms with Crippen molar-refractivity contribution in [2.24, 2.45) is 0 Å². The molecular weight excluding hydrogens is 383 g/mol. The summed E-state index contributed by atoms with van der Waals surface area (Å²) in [6, 6.07) is 8.04. The molecule has 0 saturated heterocycles. The van der Waals surface area contributed by atoms with Crippen LogP contribution in [0.1, 0.15) is 11.1 Å². The van der Waals surface area contributed by atoms with E-state index in [1.54, 1.807) is 0 Å². The molecule has 1 aliphatic heterocycles. The molecule has 0 spiro atoms. The lowest BCUT2D eigenvalue weighted by atomic mass is 10.1.